The Morgan fingerprint density at radius 1 is 1.20 bits per heavy atom. The smallest absolute Gasteiger partial charge is 0.224 e. The number of nitrogens with zero attached hydrogens (tertiary/aromatic N) is 2. The van der Waals surface area contributed by atoms with Crippen molar-refractivity contribution < 1.29 is 9.90 Å². The van der Waals surface area contributed by atoms with Gasteiger partial charge in [0.25, 0.3) is 0 Å². The van der Waals surface area contributed by atoms with Crippen molar-refractivity contribution in [1.82, 2.24) is 15.5 Å². The van der Waals surface area contributed by atoms with E-state index in [9.17, 15) is 9.90 Å². The summed E-state index contributed by atoms with van der Waals surface area (Å²) in [6, 6.07) is 0.735. The number of hydrogen-bond acceptors (Lipinski definition) is 3. The van der Waals surface area contributed by atoms with Crippen molar-refractivity contribution in [2.45, 2.75) is 83.4 Å². The minimum atomic E-state index is -0.147. The number of likely N-dealkylation sites (tertiary alicyclic amines) is 1. The van der Waals surface area contributed by atoms with E-state index in [0.29, 0.717) is 25.0 Å². The van der Waals surface area contributed by atoms with Crippen LogP contribution in [0.15, 0.2) is 4.99 Å². The summed E-state index contributed by atoms with van der Waals surface area (Å²) in [6.45, 7) is 6.41. The zero-order chi connectivity index (χ0) is 17.4. The van der Waals surface area contributed by atoms with Crippen LogP contribution in [0.3, 0.4) is 0 Å². The largest absolute Gasteiger partial charge is 0.393 e. The normalized spacial score (nSPS) is 27.4. The second kappa shape index (κ2) is 11.9. The second-order valence-corrected chi connectivity index (χ2v) is 7.09. The molecule has 1 aliphatic heterocycles. The molecule has 2 aliphatic rings. The average Bonchev–Trinajstić information content (AvgIpc) is 2.57. The molecule has 2 rings (SSSR count). The number of amides is 1. The highest BCUT2D eigenvalue weighted by Gasteiger charge is 2.23. The van der Waals surface area contributed by atoms with Crippen LogP contribution < -0.4 is 10.6 Å². The molecule has 1 heterocycles. The Balaban J connectivity index is 0.00000312. The van der Waals surface area contributed by atoms with E-state index in [-0.39, 0.29) is 36.0 Å². The summed E-state index contributed by atoms with van der Waals surface area (Å²) in [7, 11) is 0. The van der Waals surface area contributed by atoms with Crippen LogP contribution >= 0.6 is 24.0 Å². The average molecular weight is 466 g/mol. The lowest BCUT2D eigenvalue weighted by Gasteiger charge is -2.33. The molecule has 0 aromatic rings. The number of hydrogen-bond donors (Lipinski definition) is 3. The van der Waals surface area contributed by atoms with E-state index in [1.165, 1.54) is 6.42 Å². The number of halogens is 1. The third kappa shape index (κ3) is 7.68. The molecule has 146 valence electrons. The molecule has 25 heavy (non-hydrogen) atoms. The van der Waals surface area contributed by atoms with Crippen LogP contribution in [0.4, 0.5) is 0 Å². The van der Waals surface area contributed by atoms with E-state index in [1.807, 2.05) is 11.8 Å². The van der Waals surface area contributed by atoms with Gasteiger partial charge >= 0.3 is 0 Å². The van der Waals surface area contributed by atoms with Gasteiger partial charge in [-0.3, -0.25) is 9.79 Å². The van der Waals surface area contributed by atoms with Gasteiger partial charge in [0.05, 0.1) is 12.6 Å². The topological polar surface area (TPSA) is 77.0 Å². The number of aliphatic imine (C=N–C) groups is 1. The van der Waals surface area contributed by atoms with E-state index >= 15 is 0 Å². The molecule has 1 amide bonds. The molecule has 1 aliphatic carbocycles. The second-order valence-electron chi connectivity index (χ2n) is 7.09. The Kier molecular flexibility index (Phi) is 10.7. The minimum Gasteiger partial charge on any atom is -0.393 e. The molecule has 0 aromatic heterocycles. The van der Waals surface area contributed by atoms with Crippen LogP contribution in [0.25, 0.3) is 0 Å². The first-order chi connectivity index (χ1) is 11.6. The van der Waals surface area contributed by atoms with Gasteiger partial charge in [-0.25, -0.2) is 0 Å². The molecule has 0 spiro atoms. The highest BCUT2D eigenvalue weighted by Crippen LogP contribution is 2.18. The number of rotatable bonds is 5. The Morgan fingerprint density at radius 2 is 1.92 bits per heavy atom. The molecule has 1 atom stereocenters. The lowest BCUT2D eigenvalue weighted by atomic mass is 9.93. The summed E-state index contributed by atoms with van der Waals surface area (Å²) < 4.78 is 0. The van der Waals surface area contributed by atoms with Crippen LogP contribution in [0.1, 0.15) is 65.2 Å². The Hall–Kier alpha value is -0.570. The highest BCUT2D eigenvalue weighted by atomic mass is 127. The van der Waals surface area contributed by atoms with Crippen LogP contribution in [0.2, 0.25) is 0 Å². The van der Waals surface area contributed by atoms with Crippen molar-refractivity contribution in [3.8, 4) is 0 Å². The molecular weight excluding hydrogens is 431 g/mol. The first kappa shape index (κ1) is 22.5. The third-order valence-corrected chi connectivity index (χ3v) is 5.10. The van der Waals surface area contributed by atoms with Crippen LogP contribution in [-0.4, -0.2) is 59.7 Å². The Labute approximate surface area is 169 Å². The number of piperidine rings is 1. The predicted molar refractivity (Wildman–Crippen MR) is 112 cm³/mol. The van der Waals surface area contributed by atoms with E-state index < -0.39 is 0 Å². The lowest BCUT2D eigenvalue weighted by molar-refractivity contribution is -0.134. The maximum atomic E-state index is 12.4. The van der Waals surface area contributed by atoms with Gasteiger partial charge in [0.15, 0.2) is 5.96 Å². The highest BCUT2D eigenvalue weighted by molar-refractivity contribution is 14.0. The first-order valence-electron chi connectivity index (χ1n) is 9.62. The van der Waals surface area contributed by atoms with Crippen LogP contribution in [0.5, 0.6) is 0 Å². The van der Waals surface area contributed by atoms with Gasteiger partial charge in [0.2, 0.25) is 5.91 Å². The van der Waals surface area contributed by atoms with Gasteiger partial charge in [0.1, 0.15) is 0 Å². The van der Waals surface area contributed by atoms with Gasteiger partial charge < -0.3 is 20.6 Å². The minimum absolute atomic E-state index is 0. The molecule has 7 heteroatoms. The molecule has 3 N–H and O–H groups in total. The molecule has 2 fully saturated rings. The fourth-order valence-electron chi connectivity index (χ4n) is 3.61. The summed E-state index contributed by atoms with van der Waals surface area (Å²) >= 11 is 0. The van der Waals surface area contributed by atoms with Gasteiger partial charge in [-0.1, -0.05) is 0 Å². The summed E-state index contributed by atoms with van der Waals surface area (Å²) in [6.07, 6.45) is 7.43. The van der Waals surface area contributed by atoms with Crippen LogP contribution in [0, 0.1) is 0 Å². The Morgan fingerprint density at radius 3 is 2.56 bits per heavy atom. The molecular formula is C18H35IN4O2. The Bertz CT molecular complexity index is 425. The number of carbonyl (C=O) groups excluding carboxylic acids is 1. The number of nitrogens with one attached hydrogen (secondary N) is 2. The van der Waals surface area contributed by atoms with Crippen molar-refractivity contribution in [2.75, 3.05) is 19.6 Å². The monoisotopic (exact) mass is 466 g/mol. The molecule has 0 radical (unpaired) electrons. The van der Waals surface area contributed by atoms with Crippen molar-refractivity contribution in [1.29, 1.82) is 0 Å². The summed E-state index contributed by atoms with van der Waals surface area (Å²) in [4.78, 5) is 18.9. The molecule has 6 nitrogen and oxygen atoms in total. The number of aliphatic hydroxyl groups excluding tert-OH is 1. The van der Waals surface area contributed by atoms with Crippen molar-refractivity contribution in [3.05, 3.63) is 0 Å². The summed E-state index contributed by atoms with van der Waals surface area (Å²) in [5.41, 5.74) is 0. The van der Waals surface area contributed by atoms with Crippen molar-refractivity contribution in [2.24, 2.45) is 4.99 Å². The first-order valence-corrected chi connectivity index (χ1v) is 9.62. The van der Waals surface area contributed by atoms with E-state index in [2.05, 4.69) is 22.5 Å². The summed E-state index contributed by atoms with van der Waals surface area (Å²) in [5.74, 6) is 1.01. The zero-order valence-corrected chi connectivity index (χ0v) is 18.0. The lowest BCUT2D eigenvalue weighted by Crippen LogP contribution is -2.45. The van der Waals surface area contributed by atoms with E-state index in [0.717, 1.165) is 57.6 Å². The molecule has 0 aromatic carbocycles. The summed E-state index contributed by atoms with van der Waals surface area (Å²) in [5, 5.41) is 16.3. The number of guanidine groups is 1. The van der Waals surface area contributed by atoms with Gasteiger partial charge in [0, 0.05) is 31.6 Å². The van der Waals surface area contributed by atoms with Gasteiger partial charge in [-0.2, -0.15) is 0 Å². The maximum Gasteiger partial charge on any atom is 0.224 e. The van der Waals surface area contributed by atoms with Crippen molar-refractivity contribution >= 4 is 35.8 Å². The SMILES string of the molecule is CCNC(=NCCC(=O)N1CCCCC1C)NC1CCC(O)CC1.I. The zero-order valence-electron chi connectivity index (χ0n) is 15.7. The standard InChI is InChI=1S/C18H34N4O2.HI/c1-3-19-18(21-15-7-9-16(23)10-8-15)20-12-11-17(24)22-13-5-4-6-14(22)2;/h14-16,23H,3-13H2,1-2H3,(H2,19,20,21);1H. The quantitative estimate of drug-likeness (QED) is 0.330. The fourth-order valence-corrected chi connectivity index (χ4v) is 3.61. The van der Waals surface area contributed by atoms with Crippen molar-refractivity contribution in [3.63, 3.8) is 0 Å². The van der Waals surface area contributed by atoms with Crippen LogP contribution in [-0.2, 0) is 4.79 Å². The molecule has 1 saturated carbocycles. The molecule has 1 saturated heterocycles. The number of carbonyl (C=O) groups is 1. The van der Waals surface area contributed by atoms with Gasteiger partial charge in [-0.15, -0.1) is 24.0 Å². The third-order valence-electron chi connectivity index (χ3n) is 5.10. The van der Waals surface area contributed by atoms with Gasteiger partial charge in [-0.05, 0) is 58.8 Å². The van der Waals surface area contributed by atoms with E-state index in [1.54, 1.807) is 0 Å². The van der Waals surface area contributed by atoms with E-state index in [4.69, 9.17) is 0 Å². The number of aliphatic hydroxyl groups is 1. The predicted octanol–water partition coefficient (Wildman–Crippen LogP) is 2.25. The maximum absolute atomic E-state index is 12.4. The molecule has 1 unspecified atom stereocenters. The molecule has 0 bridgehead atoms. The fraction of sp³-hybridized carbons (Fsp3) is 0.889.